The summed E-state index contributed by atoms with van der Waals surface area (Å²) < 4.78 is 82.3. The molecule has 43 heavy (non-hydrogen) atoms. The van der Waals surface area contributed by atoms with Crippen molar-refractivity contribution in [2.45, 2.75) is 37.7 Å². The second-order valence-corrected chi connectivity index (χ2v) is 10.8. The molecule has 0 aliphatic carbocycles. The van der Waals surface area contributed by atoms with E-state index in [4.69, 9.17) is 5.41 Å². The van der Waals surface area contributed by atoms with Crippen LogP contribution in [0.2, 0.25) is 0 Å². The van der Waals surface area contributed by atoms with Crippen molar-refractivity contribution in [3.63, 3.8) is 0 Å². The lowest BCUT2D eigenvalue weighted by Gasteiger charge is -2.39. The molecule has 3 N–H and O–H groups in total. The van der Waals surface area contributed by atoms with Gasteiger partial charge in [-0.05, 0) is 36.1 Å². The van der Waals surface area contributed by atoms with Crippen molar-refractivity contribution in [2.24, 2.45) is 11.8 Å². The molecule has 0 radical (unpaired) electrons. The zero-order valence-corrected chi connectivity index (χ0v) is 23.1. The van der Waals surface area contributed by atoms with Gasteiger partial charge in [-0.2, -0.15) is 26.3 Å². The predicted molar refractivity (Wildman–Crippen MR) is 153 cm³/mol. The quantitative estimate of drug-likeness (QED) is 0.193. The molecule has 5 nitrogen and oxygen atoms in total. The highest BCUT2D eigenvalue weighted by molar-refractivity contribution is 6.01. The number of halogens is 6. The molecule has 2 aliphatic rings. The Morgan fingerprint density at radius 3 is 1.98 bits per heavy atom. The van der Waals surface area contributed by atoms with Crippen molar-refractivity contribution in [1.29, 1.82) is 5.41 Å². The van der Waals surface area contributed by atoms with Gasteiger partial charge in [-0.1, -0.05) is 67.2 Å². The Balaban J connectivity index is 1.44. The largest absolute Gasteiger partial charge is 0.433 e. The van der Waals surface area contributed by atoms with E-state index < -0.39 is 35.9 Å². The first kappa shape index (κ1) is 30.2. The molecular formula is C32H31F6N5. The van der Waals surface area contributed by atoms with Gasteiger partial charge in [0, 0.05) is 42.4 Å². The Kier molecular flexibility index (Phi) is 8.52. The normalized spacial score (nSPS) is 18.5. The topological polar surface area (TPSA) is 64.0 Å². The molecule has 1 saturated heterocycles. The number of piperidine rings is 1. The zero-order valence-electron chi connectivity index (χ0n) is 23.1. The van der Waals surface area contributed by atoms with Gasteiger partial charge in [-0.15, -0.1) is 0 Å². The second kappa shape index (κ2) is 12.1. The first-order valence-electron chi connectivity index (χ1n) is 13.9. The molecule has 2 aliphatic heterocycles. The summed E-state index contributed by atoms with van der Waals surface area (Å²) in [6.07, 6.45) is -7.66. The molecule has 0 spiro atoms. The number of alkyl halides is 6. The monoisotopic (exact) mass is 599 g/mol. The molecule has 226 valence electrons. The van der Waals surface area contributed by atoms with E-state index in [1.54, 1.807) is 0 Å². The number of rotatable bonds is 7. The smallest absolute Gasteiger partial charge is 0.370 e. The Bertz CT molecular complexity index is 1420. The van der Waals surface area contributed by atoms with Crippen molar-refractivity contribution in [1.82, 2.24) is 15.6 Å². The number of anilines is 1. The lowest BCUT2D eigenvalue weighted by atomic mass is 9.79. The van der Waals surface area contributed by atoms with Crippen LogP contribution >= 0.6 is 0 Å². The van der Waals surface area contributed by atoms with Crippen LogP contribution in [0.4, 0.5) is 32.0 Å². The predicted octanol–water partition coefficient (Wildman–Crippen LogP) is 7.61. The number of hydrogen-bond donors (Lipinski definition) is 3. The van der Waals surface area contributed by atoms with Crippen molar-refractivity contribution >= 4 is 11.4 Å². The lowest BCUT2D eigenvalue weighted by molar-refractivity contribution is -0.163. The standard InChI is InChI=1S/C32H31F6N5/c1-20-18-25(31(33,34)35)27(30(41-20)42-29(22-8-4-2-5-9-22)23-10-6-3-7-11-23)28(39)21-14-16-43(17-15-21)24-12-13-26(40-19-24)32(36,37)38/h2-13,19,21,25,29,39,41-42H,1,14-18H2. The van der Waals surface area contributed by atoms with E-state index in [0.29, 0.717) is 31.6 Å². The van der Waals surface area contributed by atoms with Crippen LogP contribution in [0.5, 0.6) is 0 Å². The maximum Gasteiger partial charge on any atom is 0.433 e. The summed E-state index contributed by atoms with van der Waals surface area (Å²) in [4.78, 5) is 5.36. The summed E-state index contributed by atoms with van der Waals surface area (Å²) >= 11 is 0. The summed E-state index contributed by atoms with van der Waals surface area (Å²) in [5.41, 5.74) is 1.15. The Labute approximate surface area is 245 Å². The molecule has 0 saturated carbocycles. The van der Waals surface area contributed by atoms with Gasteiger partial charge in [0.25, 0.3) is 0 Å². The van der Waals surface area contributed by atoms with Gasteiger partial charge in [0.1, 0.15) is 11.5 Å². The van der Waals surface area contributed by atoms with Gasteiger partial charge in [0.05, 0.1) is 23.8 Å². The summed E-state index contributed by atoms with van der Waals surface area (Å²) in [7, 11) is 0. The van der Waals surface area contributed by atoms with E-state index in [9.17, 15) is 26.3 Å². The number of aromatic nitrogens is 1. The number of nitrogens with zero attached hydrogens (tertiary/aromatic N) is 2. The van der Waals surface area contributed by atoms with Crippen LogP contribution in [0.25, 0.3) is 0 Å². The Morgan fingerprint density at radius 2 is 1.49 bits per heavy atom. The molecule has 1 unspecified atom stereocenters. The van der Waals surface area contributed by atoms with Crippen molar-refractivity contribution in [3.05, 3.63) is 119 Å². The van der Waals surface area contributed by atoms with Crippen molar-refractivity contribution in [2.75, 3.05) is 18.0 Å². The number of hydrogen-bond acceptors (Lipinski definition) is 5. The van der Waals surface area contributed by atoms with E-state index in [0.717, 1.165) is 23.4 Å². The fraction of sp³-hybridized carbons (Fsp3) is 0.312. The van der Waals surface area contributed by atoms with E-state index >= 15 is 0 Å². The SMILES string of the molecule is C=C1CC(C(F)(F)F)C(C(=N)C2CCN(c3ccc(C(F)(F)F)nc3)CC2)=C(NC(c2ccccc2)c2ccccc2)N1. The van der Waals surface area contributed by atoms with E-state index in [1.807, 2.05) is 65.6 Å². The van der Waals surface area contributed by atoms with Gasteiger partial charge in [-0.25, -0.2) is 4.98 Å². The first-order chi connectivity index (χ1) is 20.4. The van der Waals surface area contributed by atoms with Crippen LogP contribution in [-0.2, 0) is 6.18 Å². The molecule has 5 rings (SSSR count). The van der Waals surface area contributed by atoms with E-state index in [2.05, 4.69) is 22.2 Å². The van der Waals surface area contributed by atoms with Gasteiger partial charge < -0.3 is 20.9 Å². The zero-order chi connectivity index (χ0) is 30.8. The fourth-order valence-electron chi connectivity index (χ4n) is 5.71. The Morgan fingerprint density at radius 1 is 0.907 bits per heavy atom. The van der Waals surface area contributed by atoms with Gasteiger partial charge in [-0.3, -0.25) is 0 Å². The van der Waals surface area contributed by atoms with E-state index in [-0.39, 0.29) is 29.2 Å². The number of allylic oxidation sites excluding steroid dienone is 2. The minimum atomic E-state index is -4.61. The third-order valence-corrected chi connectivity index (χ3v) is 7.92. The molecular weight excluding hydrogens is 568 g/mol. The summed E-state index contributed by atoms with van der Waals surface area (Å²) in [6, 6.07) is 20.5. The Hall–Kier alpha value is -4.28. The van der Waals surface area contributed by atoms with Gasteiger partial charge in [0.2, 0.25) is 0 Å². The third kappa shape index (κ3) is 6.87. The number of benzene rings is 2. The molecule has 1 aromatic heterocycles. The maximum absolute atomic E-state index is 14.5. The highest BCUT2D eigenvalue weighted by atomic mass is 19.4. The minimum Gasteiger partial charge on any atom is -0.370 e. The second-order valence-electron chi connectivity index (χ2n) is 10.8. The molecule has 1 atom stereocenters. The summed E-state index contributed by atoms with van der Waals surface area (Å²) in [5, 5.41) is 15.4. The molecule has 0 bridgehead atoms. The average molecular weight is 600 g/mol. The fourth-order valence-corrected chi connectivity index (χ4v) is 5.71. The first-order valence-corrected chi connectivity index (χ1v) is 13.9. The minimum absolute atomic E-state index is 0.102. The van der Waals surface area contributed by atoms with Crippen LogP contribution in [-0.4, -0.2) is 30.0 Å². The molecule has 3 heterocycles. The van der Waals surface area contributed by atoms with Crippen LogP contribution in [0.15, 0.2) is 103 Å². The summed E-state index contributed by atoms with van der Waals surface area (Å²) in [6.45, 7) is 4.54. The number of pyridine rings is 1. The van der Waals surface area contributed by atoms with Crippen molar-refractivity contribution < 1.29 is 26.3 Å². The molecule has 11 heteroatoms. The molecule has 2 aromatic carbocycles. The van der Waals surface area contributed by atoms with Gasteiger partial charge >= 0.3 is 12.4 Å². The molecule has 0 amide bonds. The van der Waals surface area contributed by atoms with Crippen LogP contribution in [0.3, 0.4) is 0 Å². The molecule has 3 aromatic rings. The van der Waals surface area contributed by atoms with Crippen molar-refractivity contribution in [3.8, 4) is 0 Å². The number of nitrogens with one attached hydrogen (secondary N) is 3. The van der Waals surface area contributed by atoms with Crippen LogP contribution < -0.4 is 15.5 Å². The molecule has 1 fully saturated rings. The highest BCUT2D eigenvalue weighted by Crippen LogP contribution is 2.42. The lowest BCUT2D eigenvalue weighted by Crippen LogP contribution is -2.45. The summed E-state index contributed by atoms with van der Waals surface area (Å²) in [5.74, 6) is -2.29. The highest BCUT2D eigenvalue weighted by Gasteiger charge is 2.48. The third-order valence-electron chi connectivity index (χ3n) is 7.92. The van der Waals surface area contributed by atoms with Crippen LogP contribution in [0.1, 0.15) is 42.1 Å². The van der Waals surface area contributed by atoms with Gasteiger partial charge in [0.15, 0.2) is 0 Å². The van der Waals surface area contributed by atoms with Crippen LogP contribution in [0, 0.1) is 17.2 Å². The maximum atomic E-state index is 14.5. The average Bonchev–Trinajstić information content (AvgIpc) is 2.99. The van der Waals surface area contributed by atoms with E-state index in [1.165, 1.54) is 6.07 Å².